The van der Waals surface area contributed by atoms with Crippen molar-refractivity contribution in [2.75, 3.05) is 5.32 Å². The lowest BCUT2D eigenvalue weighted by Crippen LogP contribution is -2.12. The van der Waals surface area contributed by atoms with Crippen LogP contribution >= 0.6 is 11.3 Å². The second kappa shape index (κ2) is 7.16. The van der Waals surface area contributed by atoms with Crippen molar-refractivity contribution < 1.29 is 13.2 Å². The zero-order valence-corrected chi connectivity index (χ0v) is 15.1. The van der Waals surface area contributed by atoms with E-state index in [0.29, 0.717) is 16.3 Å². The summed E-state index contributed by atoms with van der Waals surface area (Å²) in [5, 5.41) is 5.06. The molecule has 1 heterocycles. The van der Waals surface area contributed by atoms with Gasteiger partial charge in [0.05, 0.1) is 4.90 Å². The fourth-order valence-corrected chi connectivity index (χ4v) is 4.56. The zero-order chi connectivity index (χ0) is 17.9. The first-order chi connectivity index (χ1) is 11.9. The molecule has 0 aliphatic rings. The van der Waals surface area contributed by atoms with Crippen molar-refractivity contribution in [3.05, 3.63) is 76.2 Å². The zero-order valence-electron chi connectivity index (χ0n) is 13.5. The molecule has 0 unspecified atom stereocenters. The number of hydrogen-bond acceptors (Lipinski definition) is 5. The maximum Gasteiger partial charge on any atom is 0.255 e. The second-order valence-corrected chi connectivity index (χ2v) is 8.50. The minimum absolute atomic E-state index is 0.125. The van der Waals surface area contributed by atoms with Crippen molar-refractivity contribution in [2.45, 2.75) is 17.6 Å². The van der Waals surface area contributed by atoms with Gasteiger partial charge in [0.1, 0.15) is 10.8 Å². The van der Waals surface area contributed by atoms with Crippen molar-refractivity contribution in [1.82, 2.24) is 4.98 Å². The highest BCUT2D eigenvalue weighted by Gasteiger charge is 2.17. The second-order valence-electron chi connectivity index (χ2n) is 5.53. The molecule has 1 amide bonds. The molecule has 0 bridgehead atoms. The molecule has 0 saturated heterocycles. The van der Waals surface area contributed by atoms with Gasteiger partial charge in [-0.25, -0.2) is 13.4 Å². The maximum absolute atomic E-state index is 12.4. The van der Waals surface area contributed by atoms with Crippen LogP contribution in [0.4, 0.5) is 5.69 Å². The van der Waals surface area contributed by atoms with E-state index in [-0.39, 0.29) is 16.6 Å². The molecule has 0 aliphatic heterocycles. The molecular weight excluding hydrogens is 356 g/mol. The van der Waals surface area contributed by atoms with Gasteiger partial charge in [-0.2, -0.15) is 0 Å². The molecule has 1 N–H and O–H groups in total. The molecular formula is C18H16N2O3S2. The number of benzene rings is 2. The number of anilines is 1. The molecule has 0 atom stereocenters. The number of aromatic nitrogens is 1. The first-order valence-electron chi connectivity index (χ1n) is 7.53. The van der Waals surface area contributed by atoms with Crippen molar-refractivity contribution in [3.63, 3.8) is 0 Å². The standard InChI is InChI=1S/C18H16N2O3S2/c1-13-3-2-4-14(11-13)18(21)20-15-5-7-16(8-6-15)25(22,23)12-17-19-9-10-24-17/h2-11H,12H2,1H3,(H,20,21). The molecule has 0 aliphatic carbocycles. The van der Waals surface area contributed by atoms with Gasteiger partial charge in [0.2, 0.25) is 0 Å². The summed E-state index contributed by atoms with van der Waals surface area (Å²) in [4.78, 5) is 16.4. The largest absolute Gasteiger partial charge is 0.322 e. The number of nitrogens with one attached hydrogen (secondary N) is 1. The smallest absolute Gasteiger partial charge is 0.255 e. The summed E-state index contributed by atoms with van der Waals surface area (Å²) in [5.74, 6) is -0.360. The molecule has 3 rings (SSSR count). The van der Waals surface area contributed by atoms with E-state index in [1.165, 1.54) is 23.5 Å². The van der Waals surface area contributed by atoms with Crippen LogP contribution in [0.5, 0.6) is 0 Å². The van der Waals surface area contributed by atoms with Crippen LogP contribution in [0.1, 0.15) is 20.9 Å². The minimum atomic E-state index is -3.45. The lowest BCUT2D eigenvalue weighted by Gasteiger charge is -2.07. The molecule has 1 aromatic heterocycles. The van der Waals surface area contributed by atoms with E-state index >= 15 is 0 Å². The number of carbonyl (C=O) groups is 1. The van der Waals surface area contributed by atoms with Crippen molar-refractivity contribution in [1.29, 1.82) is 0 Å². The summed E-state index contributed by atoms with van der Waals surface area (Å²) in [5.41, 5.74) is 2.09. The first kappa shape index (κ1) is 17.3. The van der Waals surface area contributed by atoms with E-state index < -0.39 is 9.84 Å². The molecule has 128 valence electrons. The highest BCUT2D eigenvalue weighted by molar-refractivity contribution is 7.90. The van der Waals surface area contributed by atoms with Gasteiger partial charge in [0, 0.05) is 22.8 Å². The highest BCUT2D eigenvalue weighted by atomic mass is 32.2. The van der Waals surface area contributed by atoms with Gasteiger partial charge in [-0.15, -0.1) is 11.3 Å². The van der Waals surface area contributed by atoms with Crippen LogP contribution in [0.2, 0.25) is 0 Å². The van der Waals surface area contributed by atoms with Crippen molar-refractivity contribution >= 4 is 32.8 Å². The lowest BCUT2D eigenvalue weighted by atomic mass is 10.1. The first-order valence-corrected chi connectivity index (χ1v) is 10.1. The number of carbonyl (C=O) groups excluding carboxylic acids is 1. The van der Waals surface area contributed by atoms with E-state index in [1.807, 2.05) is 19.1 Å². The van der Waals surface area contributed by atoms with Crippen molar-refractivity contribution in [3.8, 4) is 0 Å². The Morgan fingerprint density at radius 3 is 2.56 bits per heavy atom. The summed E-state index contributed by atoms with van der Waals surface area (Å²) in [6.45, 7) is 1.92. The topological polar surface area (TPSA) is 76.1 Å². The Kier molecular flexibility index (Phi) is 4.96. The molecule has 2 aromatic carbocycles. The SMILES string of the molecule is Cc1cccc(C(=O)Nc2ccc(S(=O)(=O)Cc3nccs3)cc2)c1. The summed E-state index contributed by atoms with van der Waals surface area (Å²) in [6, 6.07) is 13.4. The molecule has 7 heteroatoms. The fourth-order valence-electron chi connectivity index (χ4n) is 2.31. The van der Waals surface area contributed by atoms with E-state index in [9.17, 15) is 13.2 Å². The molecule has 3 aromatic rings. The van der Waals surface area contributed by atoms with Crippen LogP contribution in [-0.4, -0.2) is 19.3 Å². The predicted molar refractivity (Wildman–Crippen MR) is 98.6 cm³/mol. The van der Waals surface area contributed by atoms with Gasteiger partial charge in [-0.05, 0) is 43.3 Å². The normalized spacial score (nSPS) is 11.2. The van der Waals surface area contributed by atoms with Gasteiger partial charge >= 0.3 is 0 Å². The van der Waals surface area contributed by atoms with Crippen LogP contribution in [0.25, 0.3) is 0 Å². The van der Waals surface area contributed by atoms with Gasteiger partial charge in [-0.3, -0.25) is 4.79 Å². The lowest BCUT2D eigenvalue weighted by molar-refractivity contribution is 0.102. The fraction of sp³-hybridized carbons (Fsp3) is 0.111. The average Bonchev–Trinajstić information content (AvgIpc) is 3.07. The van der Waals surface area contributed by atoms with Gasteiger partial charge in [0.25, 0.3) is 5.91 Å². The molecule has 25 heavy (non-hydrogen) atoms. The Morgan fingerprint density at radius 1 is 1.16 bits per heavy atom. The van der Waals surface area contributed by atoms with E-state index in [4.69, 9.17) is 0 Å². The minimum Gasteiger partial charge on any atom is -0.322 e. The summed E-state index contributed by atoms with van der Waals surface area (Å²) in [7, 11) is -3.45. The molecule has 0 fully saturated rings. The molecule has 0 saturated carbocycles. The summed E-state index contributed by atoms with van der Waals surface area (Å²) < 4.78 is 24.7. The molecule has 0 spiro atoms. The van der Waals surface area contributed by atoms with Crippen LogP contribution < -0.4 is 5.32 Å². The van der Waals surface area contributed by atoms with Crippen LogP contribution in [0, 0.1) is 6.92 Å². The number of hydrogen-bond donors (Lipinski definition) is 1. The van der Waals surface area contributed by atoms with Gasteiger partial charge in [0.15, 0.2) is 9.84 Å². The van der Waals surface area contributed by atoms with E-state index in [1.54, 1.807) is 35.8 Å². The maximum atomic E-state index is 12.4. The number of thiazole rings is 1. The predicted octanol–water partition coefficient (Wildman–Crippen LogP) is 3.68. The van der Waals surface area contributed by atoms with Gasteiger partial charge < -0.3 is 5.32 Å². The number of nitrogens with zero attached hydrogens (tertiary/aromatic N) is 1. The number of rotatable bonds is 5. The van der Waals surface area contributed by atoms with E-state index in [0.717, 1.165) is 5.56 Å². The average molecular weight is 372 g/mol. The number of sulfone groups is 1. The molecule has 0 radical (unpaired) electrons. The van der Waals surface area contributed by atoms with Crippen molar-refractivity contribution in [2.24, 2.45) is 0 Å². The van der Waals surface area contributed by atoms with E-state index in [2.05, 4.69) is 10.3 Å². The third-order valence-corrected chi connectivity index (χ3v) is 6.15. The van der Waals surface area contributed by atoms with Crippen LogP contribution in [0.15, 0.2) is 65.0 Å². The van der Waals surface area contributed by atoms with Crippen LogP contribution in [-0.2, 0) is 15.6 Å². The Labute approximate surface area is 150 Å². The third-order valence-electron chi connectivity index (χ3n) is 3.55. The molecule has 5 nitrogen and oxygen atoms in total. The Morgan fingerprint density at radius 2 is 1.92 bits per heavy atom. The summed E-state index contributed by atoms with van der Waals surface area (Å²) >= 11 is 1.31. The monoisotopic (exact) mass is 372 g/mol. The third kappa shape index (κ3) is 4.32. The number of aryl methyl sites for hydroxylation is 1. The Hall–Kier alpha value is -2.51. The van der Waals surface area contributed by atoms with Crippen LogP contribution in [0.3, 0.4) is 0 Å². The Balaban J connectivity index is 1.73. The van der Waals surface area contributed by atoms with Gasteiger partial charge in [-0.1, -0.05) is 17.7 Å². The number of amides is 1. The quantitative estimate of drug-likeness (QED) is 0.741. The summed E-state index contributed by atoms with van der Waals surface area (Å²) in [6.07, 6.45) is 1.58. The highest BCUT2D eigenvalue weighted by Crippen LogP contribution is 2.20. The Bertz CT molecular complexity index is 979.